The van der Waals surface area contributed by atoms with Crippen LogP contribution in [0.25, 0.3) is 16.8 Å². The van der Waals surface area contributed by atoms with Gasteiger partial charge in [0, 0.05) is 10.0 Å². The summed E-state index contributed by atoms with van der Waals surface area (Å²) in [4.78, 5) is 40.1. The van der Waals surface area contributed by atoms with E-state index in [2.05, 4.69) is 0 Å². The Labute approximate surface area is 232 Å². The molecule has 0 bridgehead atoms. The largest absolute Gasteiger partial charge is 0.493 e. The monoisotopic (exact) mass is 563 g/mol. The third kappa shape index (κ3) is 5.27. The number of fused-ring (bicyclic) bond motifs is 1. The predicted octanol–water partition coefficient (Wildman–Crippen LogP) is 7.61. The smallest absolute Gasteiger partial charge is 0.344 e. The minimum atomic E-state index is -0.544. The van der Waals surface area contributed by atoms with E-state index in [1.165, 1.54) is 7.11 Å². The molecule has 0 aromatic heterocycles. The Morgan fingerprint density at radius 3 is 2.53 bits per heavy atom. The summed E-state index contributed by atoms with van der Waals surface area (Å²) in [5, 5.41) is 2.10. The van der Waals surface area contributed by atoms with Crippen LogP contribution in [0.15, 0.2) is 83.8 Å². The Morgan fingerprint density at radius 2 is 1.74 bits per heavy atom. The number of ether oxygens (including phenoxy) is 2. The fraction of sp³-hybridized carbons (Fsp3) is 0.0690. The molecule has 4 aromatic carbocycles. The lowest BCUT2D eigenvalue weighted by Gasteiger charge is -2.13. The lowest BCUT2D eigenvalue weighted by Crippen LogP contribution is -2.27. The number of nitrogens with zero attached hydrogens (tertiary/aromatic N) is 1. The zero-order valence-corrected chi connectivity index (χ0v) is 22.3. The van der Waals surface area contributed by atoms with Crippen LogP contribution in [0.4, 0.5) is 4.79 Å². The number of methoxy groups -OCH3 is 1. The second-order valence-electron chi connectivity index (χ2n) is 8.33. The molecule has 0 saturated carbocycles. The van der Waals surface area contributed by atoms with Crippen LogP contribution in [0.3, 0.4) is 0 Å². The van der Waals surface area contributed by atoms with Crippen molar-refractivity contribution in [1.29, 1.82) is 0 Å². The predicted molar refractivity (Wildman–Crippen MR) is 150 cm³/mol. The Hall–Kier alpha value is -3.78. The highest BCUT2D eigenvalue weighted by atomic mass is 35.5. The zero-order valence-electron chi connectivity index (χ0n) is 19.9. The second-order valence-corrected chi connectivity index (χ2v) is 10.2. The SMILES string of the molecule is COc1ccc(/C=C2\SC(=O)N(Cc3ccc(Cl)cc3Cl)C2=O)cc1OC(=O)c1cccc2ccccc12. The molecule has 1 heterocycles. The quantitative estimate of drug-likeness (QED) is 0.136. The van der Waals surface area contributed by atoms with E-state index in [1.54, 1.807) is 54.6 Å². The highest BCUT2D eigenvalue weighted by Crippen LogP contribution is 2.36. The highest BCUT2D eigenvalue weighted by molar-refractivity contribution is 8.18. The van der Waals surface area contributed by atoms with Gasteiger partial charge in [-0.1, -0.05) is 71.7 Å². The van der Waals surface area contributed by atoms with E-state index >= 15 is 0 Å². The lowest BCUT2D eigenvalue weighted by atomic mass is 10.0. The van der Waals surface area contributed by atoms with Crippen LogP contribution < -0.4 is 9.47 Å². The molecule has 0 atom stereocenters. The Balaban J connectivity index is 1.40. The normalized spacial score (nSPS) is 14.4. The zero-order chi connectivity index (χ0) is 26.8. The minimum Gasteiger partial charge on any atom is -0.493 e. The number of imide groups is 1. The Bertz CT molecular complexity index is 1630. The fourth-order valence-electron chi connectivity index (χ4n) is 4.03. The average Bonchev–Trinajstić information content (AvgIpc) is 3.17. The van der Waals surface area contributed by atoms with Gasteiger partial charge in [0.05, 0.1) is 24.1 Å². The van der Waals surface area contributed by atoms with E-state index in [9.17, 15) is 14.4 Å². The van der Waals surface area contributed by atoms with E-state index < -0.39 is 17.1 Å². The molecule has 1 saturated heterocycles. The lowest BCUT2D eigenvalue weighted by molar-refractivity contribution is -0.123. The molecule has 0 aliphatic carbocycles. The maximum absolute atomic E-state index is 13.1. The van der Waals surface area contributed by atoms with Crippen molar-refractivity contribution < 1.29 is 23.9 Å². The van der Waals surface area contributed by atoms with E-state index in [4.69, 9.17) is 32.7 Å². The van der Waals surface area contributed by atoms with Crippen LogP contribution in [-0.2, 0) is 11.3 Å². The molecule has 1 aliphatic heterocycles. The van der Waals surface area contributed by atoms with Gasteiger partial charge in [0.2, 0.25) is 0 Å². The molecule has 1 fully saturated rings. The molecular formula is C29H19Cl2NO5S. The van der Waals surface area contributed by atoms with Crippen molar-refractivity contribution in [2.24, 2.45) is 0 Å². The molecule has 4 aromatic rings. The van der Waals surface area contributed by atoms with Crippen LogP contribution in [-0.4, -0.2) is 29.1 Å². The van der Waals surface area contributed by atoms with Gasteiger partial charge in [0.15, 0.2) is 11.5 Å². The molecule has 0 radical (unpaired) electrons. The van der Waals surface area contributed by atoms with E-state index in [-0.39, 0.29) is 17.2 Å². The van der Waals surface area contributed by atoms with Crippen LogP contribution >= 0.6 is 35.0 Å². The van der Waals surface area contributed by atoms with Crippen LogP contribution in [0, 0.1) is 0 Å². The highest BCUT2D eigenvalue weighted by Gasteiger charge is 2.35. The number of hydrogen-bond acceptors (Lipinski definition) is 6. The fourth-order valence-corrected chi connectivity index (χ4v) is 5.34. The molecule has 38 heavy (non-hydrogen) atoms. The van der Waals surface area contributed by atoms with Crippen molar-refractivity contribution in [3.05, 3.63) is 111 Å². The first-order chi connectivity index (χ1) is 18.3. The van der Waals surface area contributed by atoms with Crippen LogP contribution in [0.1, 0.15) is 21.5 Å². The van der Waals surface area contributed by atoms with Gasteiger partial charge in [-0.05, 0) is 70.1 Å². The van der Waals surface area contributed by atoms with Crippen molar-refractivity contribution in [1.82, 2.24) is 4.90 Å². The van der Waals surface area contributed by atoms with Crippen molar-refractivity contribution in [2.75, 3.05) is 7.11 Å². The topological polar surface area (TPSA) is 72.9 Å². The molecule has 1 aliphatic rings. The summed E-state index contributed by atoms with van der Waals surface area (Å²) in [6, 6.07) is 22.8. The number of amides is 2. The minimum absolute atomic E-state index is 0.0223. The Kier molecular flexibility index (Phi) is 7.42. The van der Waals surface area contributed by atoms with Gasteiger partial charge in [-0.15, -0.1) is 0 Å². The number of hydrogen-bond donors (Lipinski definition) is 0. The number of carbonyl (C=O) groups is 3. The number of benzene rings is 4. The summed E-state index contributed by atoms with van der Waals surface area (Å²) in [6.07, 6.45) is 1.57. The van der Waals surface area contributed by atoms with Crippen LogP contribution in [0.2, 0.25) is 10.0 Å². The van der Waals surface area contributed by atoms with Gasteiger partial charge in [-0.2, -0.15) is 0 Å². The van der Waals surface area contributed by atoms with Crippen molar-refractivity contribution in [3.63, 3.8) is 0 Å². The van der Waals surface area contributed by atoms with Crippen molar-refractivity contribution in [3.8, 4) is 11.5 Å². The second kappa shape index (κ2) is 10.9. The summed E-state index contributed by atoms with van der Waals surface area (Å²) < 4.78 is 11.1. The van der Waals surface area contributed by atoms with Gasteiger partial charge in [0.25, 0.3) is 11.1 Å². The first-order valence-electron chi connectivity index (χ1n) is 11.4. The summed E-state index contributed by atoms with van der Waals surface area (Å²) >= 11 is 13.0. The molecule has 5 rings (SSSR count). The Morgan fingerprint density at radius 1 is 0.947 bits per heavy atom. The summed E-state index contributed by atoms with van der Waals surface area (Å²) in [6.45, 7) is 0.0223. The van der Waals surface area contributed by atoms with Crippen LogP contribution in [0.5, 0.6) is 11.5 Å². The summed E-state index contributed by atoms with van der Waals surface area (Å²) in [5.74, 6) is -0.457. The molecule has 6 nitrogen and oxygen atoms in total. The van der Waals surface area contributed by atoms with E-state index in [1.807, 2.05) is 30.3 Å². The number of thioether (sulfide) groups is 1. The molecule has 0 spiro atoms. The van der Waals surface area contributed by atoms with Gasteiger partial charge >= 0.3 is 5.97 Å². The van der Waals surface area contributed by atoms with E-state index in [0.717, 1.165) is 27.4 Å². The summed E-state index contributed by atoms with van der Waals surface area (Å²) in [5.41, 5.74) is 1.57. The summed E-state index contributed by atoms with van der Waals surface area (Å²) in [7, 11) is 1.47. The van der Waals surface area contributed by atoms with Crippen molar-refractivity contribution >= 4 is 68.9 Å². The number of esters is 1. The molecule has 0 N–H and O–H groups in total. The first-order valence-corrected chi connectivity index (χ1v) is 13.0. The molecule has 9 heteroatoms. The molecule has 0 unspecified atom stereocenters. The molecular weight excluding hydrogens is 545 g/mol. The van der Waals surface area contributed by atoms with Gasteiger partial charge in [-0.25, -0.2) is 4.79 Å². The van der Waals surface area contributed by atoms with Crippen molar-refractivity contribution in [2.45, 2.75) is 6.54 Å². The standard InChI is InChI=1S/C29H19Cl2NO5S/c1-36-24-12-9-17(13-25(24)37-28(34)22-8-4-6-18-5-2-3-7-21(18)22)14-26-27(33)32(29(35)38-26)16-19-10-11-20(30)15-23(19)31/h2-15H,16H2,1H3/b26-14-. The molecule has 190 valence electrons. The number of carbonyl (C=O) groups excluding carboxylic acids is 3. The maximum Gasteiger partial charge on any atom is 0.344 e. The van der Waals surface area contributed by atoms with Gasteiger partial charge in [-0.3, -0.25) is 14.5 Å². The molecule has 2 amide bonds. The van der Waals surface area contributed by atoms with Gasteiger partial charge < -0.3 is 9.47 Å². The number of halogens is 2. The van der Waals surface area contributed by atoms with Gasteiger partial charge in [0.1, 0.15) is 0 Å². The number of rotatable bonds is 6. The first kappa shape index (κ1) is 25.9. The van der Waals surface area contributed by atoms with E-state index in [0.29, 0.717) is 32.5 Å². The maximum atomic E-state index is 13.1. The third-order valence-corrected chi connectivity index (χ3v) is 7.41. The third-order valence-electron chi connectivity index (χ3n) is 5.91. The average molecular weight is 564 g/mol.